The lowest BCUT2D eigenvalue weighted by atomic mass is 9.33. The molecule has 0 spiro atoms. The molecule has 0 atom stereocenters. The molecule has 0 unspecified atom stereocenters. The van der Waals surface area contributed by atoms with E-state index in [1.165, 1.54) is 0 Å². The molecule has 91 heavy (non-hydrogen) atoms. The fourth-order valence-corrected chi connectivity index (χ4v) is 14.5. The minimum Gasteiger partial charge on any atom is -0.310 e. The molecule has 2 aromatic heterocycles. The van der Waals surface area contributed by atoms with Gasteiger partial charge in [-0.1, -0.05) is 266 Å². The molecule has 15 aromatic rings. The highest BCUT2D eigenvalue weighted by Gasteiger charge is 2.45. The number of hydrogen-bond acceptors (Lipinski definition) is 2. The van der Waals surface area contributed by atoms with Crippen LogP contribution in [0.25, 0.3) is 99.5 Å². The molecule has 2 aliphatic heterocycles. The predicted octanol–water partition coefficient (Wildman–Crippen LogP) is 21.2. The third-order valence-corrected chi connectivity index (χ3v) is 18.8. The zero-order chi connectivity index (χ0) is 69.1. The monoisotopic (exact) mass is 1180 g/mol. The lowest BCUT2D eigenvalue weighted by Crippen LogP contribution is -2.61. The number of nitrogens with zero attached hydrogens (tertiary/aromatic N) is 4. The minimum absolute atomic E-state index is 0.109. The van der Waals surface area contributed by atoms with Gasteiger partial charge in [-0.25, -0.2) is 0 Å². The number of fused-ring (bicyclic) bond motifs is 10. The molecule has 0 bridgehead atoms. The van der Waals surface area contributed by atoms with E-state index in [1.54, 1.807) is 0 Å². The highest BCUT2D eigenvalue weighted by atomic mass is 15.2. The van der Waals surface area contributed by atoms with Crippen molar-refractivity contribution in [2.75, 3.05) is 9.80 Å². The fourth-order valence-electron chi connectivity index (χ4n) is 14.5. The first-order valence-electron chi connectivity index (χ1n) is 35.8. The van der Waals surface area contributed by atoms with Crippen molar-refractivity contribution in [3.63, 3.8) is 0 Å². The Morgan fingerprint density at radius 2 is 0.670 bits per heavy atom. The number of rotatable bonds is 8. The number of anilines is 6. The van der Waals surface area contributed by atoms with E-state index in [1.807, 2.05) is 45.5 Å². The van der Waals surface area contributed by atoms with Crippen molar-refractivity contribution in [3.8, 4) is 55.9 Å². The summed E-state index contributed by atoms with van der Waals surface area (Å²) in [6, 6.07) is 82.5. The quantitative estimate of drug-likeness (QED) is 0.141. The van der Waals surface area contributed by atoms with Crippen molar-refractivity contribution in [3.05, 3.63) is 308 Å². The van der Waals surface area contributed by atoms with Gasteiger partial charge < -0.3 is 18.9 Å². The van der Waals surface area contributed by atoms with Crippen LogP contribution in [0.4, 0.5) is 34.1 Å². The molecule has 0 aliphatic carbocycles. The Balaban J connectivity index is 1.04. The van der Waals surface area contributed by atoms with Crippen LogP contribution < -0.4 is 26.2 Å². The third-order valence-electron chi connectivity index (χ3n) is 18.8. The van der Waals surface area contributed by atoms with E-state index in [9.17, 15) is 9.60 Å². The molecule has 4 nitrogen and oxygen atoms in total. The number of benzene rings is 13. The van der Waals surface area contributed by atoms with Gasteiger partial charge in [-0.2, -0.15) is 0 Å². The fraction of sp³-hybridized carbons (Fsp3) is 0.0930. The van der Waals surface area contributed by atoms with E-state index in [0.717, 1.165) is 128 Å². The average molecular weight is 1180 g/mol. The van der Waals surface area contributed by atoms with Crippen LogP contribution >= 0.6 is 0 Å². The lowest BCUT2D eigenvalue weighted by molar-refractivity contribution is 0.591. The van der Waals surface area contributed by atoms with Crippen LogP contribution in [-0.4, -0.2) is 15.8 Å². The predicted molar refractivity (Wildman–Crippen MR) is 388 cm³/mol. The maximum absolute atomic E-state index is 10.5. The van der Waals surface area contributed by atoms with Gasteiger partial charge in [0.1, 0.15) is 0 Å². The Kier molecular flexibility index (Phi) is 10.4. The van der Waals surface area contributed by atoms with Gasteiger partial charge in [0.15, 0.2) is 0 Å². The summed E-state index contributed by atoms with van der Waals surface area (Å²) in [5.41, 5.74) is 20.4. The minimum atomic E-state index is -0.533. The zero-order valence-electron chi connectivity index (χ0n) is 60.5. The molecule has 2 aliphatic rings. The highest BCUT2D eigenvalue weighted by molar-refractivity contribution is 7.00. The van der Waals surface area contributed by atoms with Crippen LogP contribution in [-0.2, 0) is 10.8 Å². The molecule has 0 fully saturated rings. The Hall–Kier alpha value is -10.9. The molecule has 0 radical (unpaired) electrons. The van der Waals surface area contributed by atoms with E-state index in [0.29, 0.717) is 33.2 Å². The standard InChI is InChI=1S/C86H67BN4/c1-85(2,3)60-44-50-76-70(52-60)68-34-19-21-40-74(68)88(76)62-46-48-72-80(54-62)90(83-64(56-26-11-7-12-27-56)36-23-37-65(83)57-28-13-8-14-29-57)78-42-25-43-79-82(78)87(72)73-49-47-63(89-75-41-22-20-35-69(75)71-53-61(86(4,5)6)45-51-77(71)89)55-81(73)91(79)84-66(58-30-15-9-16-31-58)38-24-39-67(84)59-32-17-10-18-33-59/h7-55H,1-6H3/i19D,20D,21D,22D,25D,34D,35D,40D,41D. The van der Waals surface area contributed by atoms with Gasteiger partial charge in [-0.15, -0.1) is 0 Å². The molecule has 0 N–H and O–H groups in total. The summed E-state index contributed by atoms with van der Waals surface area (Å²) in [6.07, 6.45) is 0. The van der Waals surface area contributed by atoms with E-state index in [4.69, 9.17) is 2.74 Å². The summed E-state index contributed by atoms with van der Waals surface area (Å²) in [5, 5.41) is 2.31. The van der Waals surface area contributed by atoms with E-state index < -0.39 is 6.71 Å². The normalized spacial score (nSPS) is 14.3. The second kappa shape index (κ2) is 20.9. The Labute approximate surface area is 545 Å². The maximum Gasteiger partial charge on any atom is 0.252 e. The Bertz CT molecular complexity index is 5460. The largest absolute Gasteiger partial charge is 0.310 e. The molecule has 0 amide bonds. The lowest BCUT2D eigenvalue weighted by Gasteiger charge is -2.45. The van der Waals surface area contributed by atoms with Gasteiger partial charge in [0.2, 0.25) is 0 Å². The van der Waals surface area contributed by atoms with Gasteiger partial charge in [0.25, 0.3) is 6.71 Å². The molecule has 17 rings (SSSR count). The Morgan fingerprint density at radius 1 is 0.308 bits per heavy atom. The van der Waals surface area contributed by atoms with Gasteiger partial charge in [-0.05, 0) is 133 Å². The van der Waals surface area contributed by atoms with E-state index in [2.05, 4.69) is 258 Å². The van der Waals surface area contributed by atoms with Crippen LogP contribution in [0.5, 0.6) is 0 Å². The summed E-state index contributed by atoms with van der Waals surface area (Å²) < 4.78 is 89.9. The van der Waals surface area contributed by atoms with Gasteiger partial charge in [0.05, 0.1) is 45.8 Å². The average Bonchev–Trinajstić information content (AvgIpc) is 1.05. The van der Waals surface area contributed by atoms with Crippen molar-refractivity contribution >= 4 is 101 Å². The first kappa shape index (κ1) is 45.4. The van der Waals surface area contributed by atoms with Crippen molar-refractivity contribution < 1.29 is 12.3 Å². The van der Waals surface area contributed by atoms with Crippen molar-refractivity contribution in [1.82, 2.24) is 9.13 Å². The van der Waals surface area contributed by atoms with Crippen LogP contribution in [0.15, 0.2) is 297 Å². The molecule has 0 saturated heterocycles. The number of aromatic nitrogens is 2. The highest BCUT2D eigenvalue weighted by Crippen LogP contribution is 2.53. The van der Waals surface area contributed by atoms with Crippen molar-refractivity contribution in [2.24, 2.45) is 0 Å². The molecular formula is C86H67BN4. The first-order valence-corrected chi connectivity index (χ1v) is 31.3. The van der Waals surface area contributed by atoms with Crippen LogP contribution in [0, 0.1) is 0 Å². The summed E-state index contributed by atoms with van der Waals surface area (Å²) in [4.78, 5) is 4.71. The molecule has 0 saturated carbocycles. The summed E-state index contributed by atoms with van der Waals surface area (Å²) in [5.74, 6) is 0. The molecule has 434 valence electrons. The molecule has 4 heterocycles. The maximum atomic E-state index is 10.5. The van der Waals surface area contributed by atoms with Gasteiger partial charge in [0, 0.05) is 77.9 Å². The van der Waals surface area contributed by atoms with Gasteiger partial charge >= 0.3 is 0 Å². The number of para-hydroxylation sites is 4. The Morgan fingerprint density at radius 3 is 1.03 bits per heavy atom. The van der Waals surface area contributed by atoms with E-state index >= 15 is 0 Å². The van der Waals surface area contributed by atoms with Crippen LogP contribution in [0.3, 0.4) is 0 Å². The zero-order valence-corrected chi connectivity index (χ0v) is 51.5. The first-order chi connectivity index (χ1) is 48.2. The van der Waals surface area contributed by atoms with Crippen LogP contribution in [0.2, 0.25) is 0 Å². The topological polar surface area (TPSA) is 16.3 Å². The van der Waals surface area contributed by atoms with Crippen molar-refractivity contribution in [1.29, 1.82) is 0 Å². The summed E-state index contributed by atoms with van der Waals surface area (Å²) >= 11 is 0. The second-order valence-electron chi connectivity index (χ2n) is 26.2. The molecular weight excluding hydrogens is 1100 g/mol. The van der Waals surface area contributed by atoms with Gasteiger partial charge in [-0.3, -0.25) is 0 Å². The third kappa shape index (κ3) is 8.66. The van der Waals surface area contributed by atoms with E-state index in [-0.39, 0.29) is 65.2 Å². The van der Waals surface area contributed by atoms with Crippen LogP contribution in [0.1, 0.15) is 65.0 Å². The smallest absolute Gasteiger partial charge is 0.252 e. The molecule has 13 aromatic carbocycles. The molecule has 5 heteroatoms. The summed E-state index contributed by atoms with van der Waals surface area (Å²) in [7, 11) is 0. The second-order valence-corrected chi connectivity index (χ2v) is 26.2. The SMILES string of the molecule is [2H]c1cc2c3c(c1)N(c1c(-c4ccccc4)cccc1-c1ccccc1)c1cc(-n4c5ccc(C(C)(C)C)cc5c5c([2H])c([2H])c([2H])c([2H])c54)ccc1B3c1ccc(-n3c4ccc(C(C)(C)C)cc4c4c([2H])c([2H])c([2H])c([2H])c43)cc1N2c1c(-c2ccccc2)cccc1-c1ccccc1. The van der Waals surface area contributed by atoms with Crippen molar-refractivity contribution in [2.45, 2.75) is 52.4 Å². The number of hydrogen-bond donors (Lipinski definition) is 0. The summed E-state index contributed by atoms with van der Waals surface area (Å²) in [6.45, 7) is 12.3.